The molecule has 25 heavy (non-hydrogen) atoms. The minimum absolute atomic E-state index is 0.777. The van der Waals surface area contributed by atoms with Crippen LogP contribution in [0.3, 0.4) is 0 Å². The zero-order chi connectivity index (χ0) is 17.6. The van der Waals surface area contributed by atoms with E-state index in [-0.39, 0.29) is 0 Å². The smallest absolute Gasteiger partial charge is 0.000834 e. The number of benzene rings is 2. The predicted molar refractivity (Wildman–Crippen MR) is 109 cm³/mol. The fourth-order valence-corrected chi connectivity index (χ4v) is 2.91. The number of fused-ring (bicyclic) bond motifs is 1. The van der Waals surface area contributed by atoms with Crippen molar-refractivity contribution in [3.63, 3.8) is 0 Å². The lowest BCUT2D eigenvalue weighted by atomic mass is 10.1. The normalized spacial score (nSPS) is 11.2. The first-order valence-electron chi connectivity index (χ1n) is 9.70. The van der Waals surface area contributed by atoms with Crippen LogP contribution in [0.4, 0.5) is 0 Å². The Morgan fingerprint density at radius 1 is 0.640 bits per heavy atom. The lowest BCUT2D eigenvalue weighted by molar-refractivity contribution is 0.562. The quantitative estimate of drug-likeness (QED) is 0.398. The maximum absolute atomic E-state index is 5.46. The van der Waals surface area contributed by atoms with E-state index in [1.54, 1.807) is 0 Å². The second-order valence-corrected chi connectivity index (χ2v) is 6.53. The van der Waals surface area contributed by atoms with Gasteiger partial charge >= 0.3 is 0 Å². The van der Waals surface area contributed by atoms with Gasteiger partial charge in [-0.3, -0.25) is 0 Å². The van der Waals surface area contributed by atoms with E-state index >= 15 is 0 Å². The second kappa shape index (κ2) is 12.8. The van der Waals surface area contributed by atoms with Gasteiger partial charge in [-0.15, -0.1) is 0 Å². The van der Waals surface area contributed by atoms with Crippen molar-refractivity contribution in [3.05, 3.63) is 48.0 Å². The van der Waals surface area contributed by atoms with E-state index in [4.69, 9.17) is 5.73 Å². The number of rotatable bonds is 14. The van der Waals surface area contributed by atoms with Crippen LogP contribution in [-0.2, 0) is 6.42 Å². The van der Waals surface area contributed by atoms with Crippen LogP contribution in [0, 0.1) is 0 Å². The highest BCUT2D eigenvalue weighted by Gasteiger charge is 1.96. The number of nitrogens with one attached hydrogen (secondary N) is 3. The van der Waals surface area contributed by atoms with Crippen LogP contribution in [0.25, 0.3) is 10.8 Å². The molecule has 0 aliphatic heterocycles. The van der Waals surface area contributed by atoms with Gasteiger partial charge in [-0.25, -0.2) is 0 Å². The summed E-state index contributed by atoms with van der Waals surface area (Å²) in [6, 6.07) is 15.3. The van der Waals surface area contributed by atoms with Gasteiger partial charge < -0.3 is 21.7 Å². The summed E-state index contributed by atoms with van der Waals surface area (Å²) in [6.45, 7) is 7.20. The Bertz CT molecular complexity index is 585. The summed E-state index contributed by atoms with van der Waals surface area (Å²) in [4.78, 5) is 0. The lowest BCUT2D eigenvalue weighted by Crippen LogP contribution is -2.26. The molecule has 0 amide bonds. The van der Waals surface area contributed by atoms with Crippen LogP contribution in [0.5, 0.6) is 0 Å². The molecule has 4 heteroatoms. The first-order valence-corrected chi connectivity index (χ1v) is 9.70. The SMILES string of the molecule is NCCCNCCCNCCCNCCc1ccc2ccccc2c1. The Kier molecular flexibility index (Phi) is 10.2. The standard InChI is InChI=1S/C21H34N4/c22-11-3-12-23-13-4-14-24-15-5-16-25-17-10-19-8-9-20-6-1-2-7-21(20)18-19/h1-2,6-9,18,23-25H,3-5,10-17,22H2. The van der Waals surface area contributed by atoms with E-state index in [0.717, 1.165) is 58.7 Å². The summed E-state index contributed by atoms with van der Waals surface area (Å²) < 4.78 is 0. The van der Waals surface area contributed by atoms with E-state index in [0.29, 0.717) is 0 Å². The zero-order valence-electron chi connectivity index (χ0n) is 15.4. The molecule has 2 aromatic rings. The van der Waals surface area contributed by atoms with E-state index in [1.165, 1.54) is 29.2 Å². The lowest BCUT2D eigenvalue weighted by Gasteiger charge is -2.08. The summed E-state index contributed by atoms with van der Waals surface area (Å²) in [5.74, 6) is 0. The molecule has 0 heterocycles. The first-order chi connectivity index (χ1) is 12.4. The maximum Gasteiger partial charge on any atom is -0.000834 e. The molecule has 0 saturated heterocycles. The third-order valence-corrected chi connectivity index (χ3v) is 4.38. The van der Waals surface area contributed by atoms with E-state index in [1.807, 2.05) is 0 Å². The molecule has 5 N–H and O–H groups in total. The molecule has 0 atom stereocenters. The van der Waals surface area contributed by atoms with E-state index < -0.39 is 0 Å². The summed E-state index contributed by atoms with van der Waals surface area (Å²) in [5, 5.41) is 13.1. The number of hydrogen-bond acceptors (Lipinski definition) is 4. The Balaban J connectivity index is 1.43. The van der Waals surface area contributed by atoms with Gasteiger partial charge in [0.15, 0.2) is 0 Å². The number of nitrogens with two attached hydrogens (primary N) is 1. The van der Waals surface area contributed by atoms with Crippen molar-refractivity contribution in [2.45, 2.75) is 25.7 Å². The minimum Gasteiger partial charge on any atom is -0.330 e. The average molecular weight is 343 g/mol. The largest absolute Gasteiger partial charge is 0.330 e. The van der Waals surface area contributed by atoms with Gasteiger partial charge in [-0.05, 0) is 87.8 Å². The molecule has 0 unspecified atom stereocenters. The highest BCUT2D eigenvalue weighted by atomic mass is 14.9. The zero-order valence-corrected chi connectivity index (χ0v) is 15.4. The van der Waals surface area contributed by atoms with Gasteiger partial charge in [0.05, 0.1) is 0 Å². The van der Waals surface area contributed by atoms with Crippen molar-refractivity contribution in [2.24, 2.45) is 5.73 Å². The molecule has 0 radical (unpaired) electrons. The van der Waals surface area contributed by atoms with Crippen molar-refractivity contribution in [1.29, 1.82) is 0 Å². The monoisotopic (exact) mass is 342 g/mol. The van der Waals surface area contributed by atoms with Crippen LogP contribution < -0.4 is 21.7 Å². The van der Waals surface area contributed by atoms with Crippen LogP contribution in [0.2, 0.25) is 0 Å². The molecular weight excluding hydrogens is 308 g/mol. The average Bonchev–Trinajstić information content (AvgIpc) is 2.65. The summed E-state index contributed by atoms with van der Waals surface area (Å²) in [5.41, 5.74) is 6.86. The molecule has 0 saturated carbocycles. The topological polar surface area (TPSA) is 62.1 Å². The van der Waals surface area contributed by atoms with Crippen molar-refractivity contribution in [1.82, 2.24) is 16.0 Å². The van der Waals surface area contributed by atoms with Gasteiger partial charge in [0.2, 0.25) is 0 Å². The Hall–Kier alpha value is -1.46. The molecule has 2 rings (SSSR count). The summed E-state index contributed by atoms with van der Waals surface area (Å²) in [6.07, 6.45) is 4.52. The fraction of sp³-hybridized carbons (Fsp3) is 0.524. The molecule has 0 bridgehead atoms. The number of hydrogen-bond donors (Lipinski definition) is 4. The van der Waals surface area contributed by atoms with Crippen LogP contribution in [-0.4, -0.2) is 45.8 Å². The van der Waals surface area contributed by atoms with Gasteiger partial charge in [0, 0.05) is 0 Å². The highest BCUT2D eigenvalue weighted by Crippen LogP contribution is 2.15. The minimum atomic E-state index is 0.777. The molecule has 138 valence electrons. The van der Waals surface area contributed by atoms with Crippen molar-refractivity contribution >= 4 is 10.8 Å². The molecular formula is C21H34N4. The molecule has 0 aromatic heterocycles. The summed E-state index contributed by atoms with van der Waals surface area (Å²) >= 11 is 0. The first kappa shape index (κ1) is 19.9. The van der Waals surface area contributed by atoms with Crippen molar-refractivity contribution < 1.29 is 0 Å². The predicted octanol–water partition coefficient (Wildman–Crippen LogP) is 2.28. The third-order valence-electron chi connectivity index (χ3n) is 4.38. The molecule has 0 fully saturated rings. The van der Waals surface area contributed by atoms with Crippen LogP contribution in [0.15, 0.2) is 42.5 Å². The van der Waals surface area contributed by atoms with Gasteiger partial charge in [0.1, 0.15) is 0 Å². The second-order valence-electron chi connectivity index (χ2n) is 6.53. The Labute approximate surface area is 152 Å². The molecule has 2 aromatic carbocycles. The maximum atomic E-state index is 5.46. The molecule has 0 spiro atoms. The van der Waals surface area contributed by atoms with Gasteiger partial charge in [-0.2, -0.15) is 0 Å². The van der Waals surface area contributed by atoms with Crippen LogP contribution >= 0.6 is 0 Å². The molecule has 0 aliphatic carbocycles. The van der Waals surface area contributed by atoms with Crippen molar-refractivity contribution in [2.75, 3.05) is 45.8 Å². The Morgan fingerprint density at radius 2 is 1.24 bits per heavy atom. The fourth-order valence-electron chi connectivity index (χ4n) is 2.91. The van der Waals surface area contributed by atoms with E-state index in [2.05, 4.69) is 58.4 Å². The van der Waals surface area contributed by atoms with Crippen molar-refractivity contribution in [3.8, 4) is 0 Å². The van der Waals surface area contributed by atoms with Crippen LogP contribution in [0.1, 0.15) is 24.8 Å². The molecule has 0 aliphatic rings. The highest BCUT2D eigenvalue weighted by molar-refractivity contribution is 5.82. The summed E-state index contributed by atoms with van der Waals surface area (Å²) in [7, 11) is 0. The van der Waals surface area contributed by atoms with Gasteiger partial charge in [0.25, 0.3) is 0 Å². The van der Waals surface area contributed by atoms with Gasteiger partial charge in [-0.1, -0.05) is 42.5 Å². The third kappa shape index (κ3) is 8.45. The molecule has 4 nitrogen and oxygen atoms in total. The van der Waals surface area contributed by atoms with E-state index in [9.17, 15) is 0 Å². The Morgan fingerprint density at radius 3 is 1.92 bits per heavy atom.